The molecule has 1 saturated heterocycles. The molecule has 0 aliphatic carbocycles. The Kier molecular flexibility index (Phi) is 7.06. The Labute approximate surface area is 157 Å². The molecule has 1 unspecified atom stereocenters. The van der Waals surface area contributed by atoms with Crippen LogP contribution in [0.2, 0.25) is 0 Å². The highest BCUT2D eigenvalue weighted by molar-refractivity contribution is 5.27. The van der Waals surface area contributed by atoms with Gasteiger partial charge >= 0.3 is 0 Å². The lowest BCUT2D eigenvalue weighted by Gasteiger charge is -2.35. The van der Waals surface area contributed by atoms with Gasteiger partial charge in [-0.1, -0.05) is 42.5 Å². The Morgan fingerprint density at radius 2 is 1.54 bits per heavy atom. The molecule has 1 heterocycles. The van der Waals surface area contributed by atoms with E-state index in [0.717, 1.165) is 51.4 Å². The fraction of sp³-hybridized carbons (Fsp3) is 0.455. The highest BCUT2D eigenvalue weighted by Gasteiger charge is 2.19. The maximum atomic E-state index is 10.4. The second-order valence-corrected chi connectivity index (χ2v) is 7.00. The van der Waals surface area contributed by atoms with E-state index >= 15 is 0 Å². The first-order chi connectivity index (χ1) is 12.7. The van der Waals surface area contributed by atoms with Gasteiger partial charge in [-0.3, -0.25) is 9.80 Å². The fourth-order valence-electron chi connectivity index (χ4n) is 3.49. The molecule has 2 aromatic rings. The van der Waals surface area contributed by atoms with Crippen molar-refractivity contribution in [3.63, 3.8) is 0 Å². The number of β-amino-alcohol motifs (C(OH)–C–C–N with tert-alkyl or cyclic N) is 1. The van der Waals surface area contributed by atoms with Gasteiger partial charge in [0.25, 0.3) is 0 Å². The minimum Gasteiger partial charge on any atom is -0.494 e. The lowest BCUT2D eigenvalue weighted by Crippen LogP contribution is -2.48. The fourth-order valence-corrected chi connectivity index (χ4v) is 3.49. The number of aliphatic hydroxyl groups excluding tert-OH is 1. The number of hydrogen-bond donors (Lipinski definition) is 1. The van der Waals surface area contributed by atoms with Crippen molar-refractivity contribution in [1.82, 2.24) is 9.80 Å². The molecule has 140 valence electrons. The molecular weight excluding hydrogens is 324 g/mol. The van der Waals surface area contributed by atoms with Crippen molar-refractivity contribution in [2.75, 3.05) is 39.3 Å². The summed E-state index contributed by atoms with van der Waals surface area (Å²) >= 11 is 0. The molecule has 26 heavy (non-hydrogen) atoms. The summed E-state index contributed by atoms with van der Waals surface area (Å²) < 4.78 is 5.50. The van der Waals surface area contributed by atoms with Crippen molar-refractivity contribution in [3.05, 3.63) is 65.7 Å². The van der Waals surface area contributed by atoms with Gasteiger partial charge in [0.1, 0.15) is 5.75 Å². The SMILES string of the molecule is CCOc1ccc(CN2CCN(CC(O)Cc3ccccc3)CC2)cc1. The van der Waals surface area contributed by atoms with Crippen LogP contribution < -0.4 is 4.74 Å². The number of rotatable bonds is 8. The van der Waals surface area contributed by atoms with Crippen molar-refractivity contribution in [2.45, 2.75) is 26.0 Å². The highest BCUT2D eigenvalue weighted by atomic mass is 16.5. The van der Waals surface area contributed by atoms with Crippen LogP contribution in [0.1, 0.15) is 18.1 Å². The number of aliphatic hydroxyl groups is 1. The van der Waals surface area contributed by atoms with Gasteiger partial charge in [-0.25, -0.2) is 0 Å². The largest absolute Gasteiger partial charge is 0.494 e. The summed E-state index contributed by atoms with van der Waals surface area (Å²) in [5, 5.41) is 10.4. The second kappa shape index (κ2) is 9.72. The van der Waals surface area contributed by atoms with Crippen LogP contribution in [-0.4, -0.2) is 60.3 Å². The van der Waals surface area contributed by atoms with Gasteiger partial charge in [0.05, 0.1) is 12.7 Å². The number of ether oxygens (including phenoxy) is 1. The molecule has 1 aliphatic heterocycles. The smallest absolute Gasteiger partial charge is 0.119 e. The first kappa shape index (κ1) is 18.9. The third-order valence-corrected chi connectivity index (χ3v) is 4.89. The van der Waals surface area contributed by atoms with E-state index in [1.165, 1.54) is 11.1 Å². The summed E-state index contributed by atoms with van der Waals surface area (Å²) in [6, 6.07) is 18.6. The van der Waals surface area contributed by atoms with Crippen molar-refractivity contribution >= 4 is 0 Å². The zero-order chi connectivity index (χ0) is 18.2. The van der Waals surface area contributed by atoms with Crippen molar-refractivity contribution < 1.29 is 9.84 Å². The quantitative estimate of drug-likeness (QED) is 0.791. The van der Waals surface area contributed by atoms with Gasteiger partial charge in [0.2, 0.25) is 0 Å². The standard InChI is InChI=1S/C22H30N2O2/c1-2-26-22-10-8-20(9-11-22)17-23-12-14-24(15-13-23)18-21(25)16-19-6-4-3-5-7-19/h3-11,21,25H,2,12-18H2,1H3. The van der Waals surface area contributed by atoms with Crippen LogP contribution in [0.25, 0.3) is 0 Å². The van der Waals surface area contributed by atoms with E-state index in [9.17, 15) is 5.11 Å². The van der Waals surface area contributed by atoms with Gasteiger partial charge in [-0.15, -0.1) is 0 Å². The Morgan fingerprint density at radius 1 is 0.885 bits per heavy atom. The molecule has 0 spiro atoms. The molecule has 0 bridgehead atoms. The van der Waals surface area contributed by atoms with Crippen LogP contribution in [0.4, 0.5) is 0 Å². The minimum atomic E-state index is -0.296. The van der Waals surface area contributed by atoms with E-state index in [1.54, 1.807) is 0 Å². The van der Waals surface area contributed by atoms with Crippen LogP contribution in [0.3, 0.4) is 0 Å². The van der Waals surface area contributed by atoms with Gasteiger partial charge in [0, 0.05) is 39.3 Å². The van der Waals surface area contributed by atoms with E-state index < -0.39 is 0 Å². The number of benzene rings is 2. The van der Waals surface area contributed by atoms with Gasteiger partial charge < -0.3 is 9.84 Å². The molecule has 0 saturated carbocycles. The van der Waals surface area contributed by atoms with Gasteiger partial charge in [-0.2, -0.15) is 0 Å². The molecule has 0 amide bonds. The average molecular weight is 354 g/mol. The molecular formula is C22H30N2O2. The topological polar surface area (TPSA) is 35.9 Å². The van der Waals surface area contributed by atoms with Crippen LogP contribution in [0.15, 0.2) is 54.6 Å². The van der Waals surface area contributed by atoms with Crippen molar-refractivity contribution in [2.24, 2.45) is 0 Å². The normalized spacial score (nSPS) is 17.2. The average Bonchev–Trinajstić information content (AvgIpc) is 2.66. The lowest BCUT2D eigenvalue weighted by atomic mass is 10.1. The first-order valence-corrected chi connectivity index (χ1v) is 9.61. The Morgan fingerprint density at radius 3 is 2.19 bits per heavy atom. The van der Waals surface area contributed by atoms with Crippen LogP contribution in [0.5, 0.6) is 5.75 Å². The highest BCUT2D eigenvalue weighted by Crippen LogP contribution is 2.15. The molecule has 1 aliphatic rings. The summed E-state index contributed by atoms with van der Waals surface area (Å²) in [5.41, 5.74) is 2.53. The predicted octanol–water partition coefficient (Wildman–Crippen LogP) is 2.81. The maximum absolute atomic E-state index is 10.4. The van der Waals surface area contributed by atoms with E-state index in [2.05, 4.69) is 46.2 Å². The molecule has 1 N–H and O–H groups in total. The third kappa shape index (κ3) is 5.84. The van der Waals surface area contributed by atoms with Crippen molar-refractivity contribution in [3.8, 4) is 5.75 Å². The second-order valence-electron chi connectivity index (χ2n) is 7.00. The molecule has 4 heteroatoms. The molecule has 1 atom stereocenters. The van der Waals surface area contributed by atoms with E-state index in [1.807, 2.05) is 25.1 Å². The van der Waals surface area contributed by atoms with Crippen LogP contribution in [0, 0.1) is 0 Å². The summed E-state index contributed by atoms with van der Waals surface area (Å²) in [4.78, 5) is 4.86. The number of piperazine rings is 1. The first-order valence-electron chi connectivity index (χ1n) is 9.61. The molecule has 4 nitrogen and oxygen atoms in total. The molecule has 3 rings (SSSR count). The zero-order valence-electron chi connectivity index (χ0n) is 15.7. The molecule has 0 radical (unpaired) electrons. The van der Waals surface area contributed by atoms with Crippen LogP contribution in [-0.2, 0) is 13.0 Å². The van der Waals surface area contributed by atoms with Gasteiger partial charge in [-0.05, 0) is 36.6 Å². The third-order valence-electron chi connectivity index (χ3n) is 4.89. The van der Waals surface area contributed by atoms with E-state index in [-0.39, 0.29) is 6.10 Å². The summed E-state index contributed by atoms with van der Waals surface area (Å²) in [5.74, 6) is 0.938. The van der Waals surface area contributed by atoms with Crippen LogP contribution >= 0.6 is 0 Å². The van der Waals surface area contributed by atoms with Gasteiger partial charge in [0.15, 0.2) is 0 Å². The molecule has 1 fully saturated rings. The summed E-state index contributed by atoms with van der Waals surface area (Å²) in [6.07, 6.45) is 0.433. The summed E-state index contributed by atoms with van der Waals surface area (Å²) in [7, 11) is 0. The van der Waals surface area contributed by atoms with E-state index in [0.29, 0.717) is 6.61 Å². The Hall–Kier alpha value is -1.88. The summed E-state index contributed by atoms with van der Waals surface area (Å²) in [6.45, 7) is 8.57. The number of nitrogens with zero attached hydrogens (tertiary/aromatic N) is 2. The zero-order valence-corrected chi connectivity index (χ0v) is 15.7. The molecule has 0 aromatic heterocycles. The Balaban J connectivity index is 1.39. The monoisotopic (exact) mass is 354 g/mol. The maximum Gasteiger partial charge on any atom is 0.119 e. The predicted molar refractivity (Wildman–Crippen MR) is 105 cm³/mol. The lowest BCUT2D eigenvalue weighted by molar-refractivity contribution is 0.0704. The number of hydrogen-bond acceptors (Lipinski definition) is 4. The van der Waals surface area contributed by atoms with E-state index in [4.69, 9.17) is 4.74 Å². The Bertz CT molecular complexity index is 637. The molecule has 2 aromatic carbocycles. The van der Waals surface area contributed by atoms with Crippen molar-refractivity contribution in [1.29, 1.82) is 0 Å². The minimum absolute atomic E-state index is 0.296.